The van der Waals surface area contributed by atoms with E-state index in [1.54, 1.807) is 20.8 Å². The van der Waals surface area contributed by atoms with Gasteiger partial charge < -0.3 is 16.1 Å². The second kappa shape index (κ2) is 4.34. The van der Waals surface area contributed by atoms with E-state index in [1.165, 1.54) is 0 Å². The van der Waals surface area contributed by atoms with Crippen molar-refractivity contribution < 1.29 is 10.2 Å². The Morgan fingerprint density at radius 3 is 2.25 bits per heavy atom. The van der Waals surface area contributed by atoms with Crippen LogP contribution in [0.15, 0.2) is 10.3 Å². The lowest BCUT2D eigenvalue weighted by molar-refractivity contribution is 0.0334. The van der Waals surface area contributed by atoms with Crippen molar-refractivity contribution in [1.29, 1.82) is 0 Å². The fourth-order valence-corrected chi connectivity index (χ4v) is 0.820. The molecule has 0 radical (unpaired) electrons. The molecular formula is C6H16N4O2. The van der Waals surface area contributed by atoms with E-state index in [4.69, 9.17) is 10.9 Å². The summed E-state index contributed by atoms with van der Waals surface area (Å²) in [6.45, 7) is 4.91. The Morgan fingerprint density at radius 1 is 1.42 bits per heavy atom. The third-order valence-electron chi connectivity index (χ3n) is 1.40. The first kappa shape index (κ1) is 11.3. The smallest absolute Gasteiger partial charge is 0.185 e. The van der Waals surface area contributed by atoms with Gasteiger partial charge in [-0.25, -0.2) is 0 Å². The number of aliphatic hydroxyl groups is 2. The molecule has 0 aromatic rings. The van der Waals surface area contributed by atoms with Crippen LogP contribution in [0.4, 0.5) is 0 Å². The Morgan fingerprint density at radius 2 is 1.92 bits per heavy atom. The molecule has 0 amide bonds. The van der Waals surface area contributed by atoms with Gasteiger partial charge in [-0.1, -0.05) is 5.22 Å². The highest BCUT2D eigenvalue weighted by Gasteiger charge is 2.28. The van der Waals surface area contributed by atoms with Crippen molar-refractivity contribution in [1.82, 2.24) is 5.32 Å². The van der Waals surface area contributed by atoms with Crippen LogP contribution in [0.2, 0.25) is 0 Å². The number of hydrogen-bond donors (Lipinski definition) is 4. The van der Waals surface area contributed by atoms with Crippen LogP contribution in [0, 0.1) is 0 Å². The fraction of sp³-hybridized carbons (Fsp3) is 1.00. The van der Waals surface area contributed by atoms with Gasteiger partial charge in [-0.15, -0.1) is 5.11 Å². The predicted octanol–water partition coefficient (Wildman–Crippen LogP) is -0.663. The zero-order valence-electron chi connectivity index (χ0n) is 7.52. The molecule has 5 N–H and O–H groups in total. The molecule has 72 valence electrons. The monoisotopic (exact) mass is 176 g/mol. The molecule has 12 heavy (non-hydrogen) atoms. The van der Waals surface area contributed by atoms with E-state index in [9.17, 15) is 5.11 Å². The molecule has 0 aliphatic rings. The van der Waals surface area contributed by atoms with Crippen LogP contribution in [0.1, 0.15) is 20.8 Å². The van der Waals surface area contributed by atoms with Gasteiger partial charge in [-0.05, 0) is 20.8 Å². The number of nitrogens with zero attached hydrogens (tertiary/aromatic N) is 2. The summed E-state index contributed by atoms with van der Waals surface area (Å²) in [5, 5.41) is 27.3. The van der Waals surface area contributed by atoms with Crippen molar-refractivity contribution in [3.63, 3.8) is 0 Å². The maximum atomic E-state index is 9.31. The molecule has 6 heteroatoms. The highest BCUT2D eigenvalue weighted by molar-refractivity contribution is 4.83. The van der Waals surface area contributed by atoms with E-state index in [1.807, 2.05) is 0 Å². The van der Waals surface area contributed by atoms with Crippen molar-refractivity contribution in [2.75, 3.05) is 0 Å². The first-order chi connectivity index (χ1) is 5.40. The topological polar surface area (TPSA) is 103 Å². The highest BCUT2D eigenvalue weighted by atomic mass is 16.3. The van der Waals surface area contributed by atoms with E-state index in [-0.39, 0.29) is 0 Å². The average molecular weight is 176 g/mol. The minimum absolute atomic E-state index is 0.720. The van der Waals surface area contributed by atoms with Gasteiger partial charge in [0.2, 0.25) is 0 Å². The molecule has 0 spiro atoms. The van der Waals surface area contributed by atoms with Gasteiger partial charge in [0.25, 0.3) is 0 Å². The molecule has 0 saturated carbocycles. The molecule has 2 unspecified atom stereocenters. The second-order valence-corrected chi connectivity index (χ2v) is 3.15. The van der Waals surface area contributed by atoms with E-state index in [2.05, 4.69) is 15.7 Å². The summed E-state index contributed by atoms with van der Waals surface area (Å²) < 4.78 is 0. The van der Waals surface area contributed by atoms with Gasteiger partial charge in [0, 0.05) is 0 Å². The summed E-state index contributed by atoms with van der Waals surface area (Å²) in [5.41, 5.74) is -0.753. The quantitative estimate of drug-likeness (QED) is 0.197. The van der Waals surface area contributed by atoms with Crippen molar-refractivity contribution in [2.24, 2.45) is 16.2 Å². The largest absolute Gasteiger partial charge is 0.379 e. The maximum absolute atomic E-state index is 9.31. The first-order valence-electron chi connectivity index (χ1n) is 3.64. The maximum Gasteiger partial charge on any atom is 0.185 e. The lowest BCUT2D eigenvalue weighted by Crippen LogP contribution is -2.52. The van der Waals surface area contributed by atoms with Gasteiger partial charge in [0.15, 0.2) is 6.23 Å². The second-order valence-electron chi connectivity index (χ2n) is 3.15. The number of hydrogen-bond acceptors (Lipinski definition) is 5. The van der Waals surface area contributed by atoms with Crippen LogP contribution in [-0.2, 0) is 0 Å². The summed E-state index contributed by atoms with van der Waals surface area (Å²) in [6, 6.07) is 0. The minimum atomic E-state index is -1.07. The minimum Gasteiger partial charge on any atom is -0.379 e. The number of nitrogens with one attached hydrogen (secondary N) is 1. The first-order valence-corrected chi connectivity index (χ1v) is 3.64. The summed E-state index contributed by atoms with van der Waals surface area (Å²) in [7, 11) is 0. The molecule has 0 heterocycles. The Hall–Kier alpha value is -0.720. The predicted molar refractivity (Wildman–Crippen MR) is 43.9 cm³/mol. The van der Waals surface area contributed by atoms with Crippen LogP contribution < -0.4 is 11.2 Å². The number of rotatable bonds is 4. The van der Waals surface area contributed by atoms with Gasteiger partial charge in [0.1, 0.15) is 6.23 Å². The molecule has 0 aliphatic heterocycles. The van der Waals surface area contributed by atoms with E-state index >= 15 is 0 Å². The van der Waals surface area contributed by atoms with E-state index in [0.717, 1.165) is 0 Å². The van der Waals surface area contributed by atoms with Gasteiger partial charge >= 0.3 is 0 Å². The molecule has 2 atom stereocenters. The van der Waals surface area contributed by atoms with Gasteiger partial charge in [-0.2, -0.15) is 0 Å². The molecule has 0 saturated heterocycles. The van der Waals surface area contributed by atoms with E-state index in [0.29, 0.717) is 0 Å². The summed E-state index contributed by atoms with van der Waals surface area (Å²) >= 11 is 0. The SMILES string of the molecule is CC(O)NC(C)(C)C(O)N=NN. The van der Waals surface area contributed by atoms with Crippen LogP contribution in [0.3, 0.4) is 0 Å². The lowest BCUT2D eigenvalue weighted by atomic mass is 10.0. The Bertz CT molecular complexity index is 158. The zero-order valence-corrected chi connectivity index (χ0v) is 7.52. The normalized spacial score (nSPS) is 18.1. The molecule has 0 fully saturated rings. The highest BCUT2D eigenvalue weighted by Crippen LogP contribution is 2.10. The number of aliphatic hydroxyl groups excluding tert-OH is 2. The Balaban J connectivity index is 4.17. The molecule has 0 bridgehead atoms. The molecule has 0 aliphatic carbocycles. The standard InChI is InChI=1S/C6H16N4O2/c1-4(11)8-6(2,3)5(12)9-10-7/h4-5,8,11-12H,1-3H3,(H2,7,9). The summed E-state index contributed by atoms with van der Waals surface area (Å²) in [4.78, 5) is 0. The molecular weight excluding hydrogens is 160 g/mol. The van der Waals surface area contributed by atoms with Crippen molar-refractivity contribution in [3.05, 3.63) is 0 Å². The molecule has 0 aromatic carbocycles. The van der Waals surface area contributed by atoms with Crippen LogP contribution in [-0.4, -0.2) is 28.2 Å². The van der Waals surface area contributed by atoms with Gasteiger partial charge in [0.05, 0.1) is 5.54 Å². The van der Waals surface area contributed by atoms with Crippen LogP contribution in [0.5, 0.6) is 0 Å². The Labute approximate surface area is 71.5 Å². The molecule has 0 aromatic heterocycles. The third kappa shape index (κ3) is 3.61. The van der Waals surface area contributed by atoms with Crippen molar-refractivity contribution >= 4 is 0 Å². The summed E-state index contributed by atoms with van der Waals surface area (Å²) in [6.07, 6.45) is -1.79. The lowest BCUT2D eigenvalue weighted by Gasteiger charge is -2.29. The number of nitrogens with two attached hydrogens (primary N) is 1. The van der Waals surface area contributed by atoms with Crippen LogP contribution in [0.25, 0.3) is 0 Å². The molecule has 6 nitrogen and oxygen atoms in total. The van der Waals surface area contributed by atoms with Gasteiger partial charge in [-0.3, -0.25) is 5.32 Å². The fourth-order valence-electron chi connectivity index (χ4n) is 0.820. The van der Waals surface area contributed by atoms with Crippen molar-refractivity contribution in [2.45, 2.75) is 38.8 Å². The average Bonchev–Trinajstić information content (AvgIpc) is 1.85. The van der Waals surface area contributed by atoms with E-state index < -0.39 is 18.0 Å². The van der Waals surface area contributed by atoms with Crippen LogP contribution >= 0.6 is 0 Å². The zero-order chi connectivity index (χ0) is 9.78. The molecule has 0 rings (SSSR count). The Kier molecular flexibility index (Phi) is 4.08. The summed E-state index contributed by atoms with van der Waals surface area (Å²) in [5.74, 6) is 4.76. The third-order valence-corrected chi connectivity index (χ3v) is 1.40. The van der Waals surface area contributed by atoms with Crippen molar-refractivity contribution in [3.8, 4) is 0 Å².